The van der Waals surface area contributed by atoms with Crippen LogP contribution >= 0.6 is 11.8 Å². The molecule has 118 valence electrons. The number of hydrogen-bond donors (Lipinski definition) is 3. The van der Waals surface area contributed by atoms with Crippen LogP contribution in [0.5, 0.6) is 0 Å². The Bertz CT molecular complexity index is 448. The maximum absolute atomic E-state index is 11.9. The lowest BCUT2D eigenvalue weighted by molar-refractivity contribution is 0.0366. The SMILES string of the molecule is CCS[C@@H]1CC[C@H](NC(=O)NC[C@](C)(O)c2ccco2)C1. The van der Waals surface area contributed by atoms with Crippen molar-refractivity contribution >= 4 is 17.8 Å². The maximum Gasteiger partial charge on any atom is 0.315 e. The smallest absolute Gasteiger partial charge is 0.315 e. The quantitative estimate of drug-likeness (QED) is 0.754. The molecule has 2 rings (SSSR count). The van der Waals surface area contributed by atoms with E-state index in [1.807, 2.05) is 11.8 Å². The summed E-state index contributed by atoms with van der Waals surface area (Å²) in [6.07, 6.45) is 4.72. The van der Waals surface area contributed by atoms with Gasteiger partial charge in [0, 0.05) is 11.3 Å². The Morgan fingerprint density at radius 1 is 1.57 bits per heavy atom. The van der Waals surface area contributed by atoms with Crippen molar-refractivity contribution < 1.29 is 14.3 Å². The van der Waals surface area contributed by atoms with E-state index in [4.69, 9.17) is 4.42 Å². The molecule has 5 nitrogen and oxygen atoms in total. The number of aliphatic hydroxyl groups is 1. The second kappa shape index (κ2) is 7.22. The van der Waals surface area contributed by atoms with Crippen molar-refractivity contribution in [1.82, 2.24) is 10.6 Å². The number of carbonyl (C=O) groups excluding carboxylic acids is 1. The van der Waals surface area contributed by atoms with E-state index < -0.39 is 5.60 Å². The molecule has 0 radical (unpaired) electrons. The molecular formula is C15H24N2O3S. The Morgan fingerprint density at radius 2 is 2.38 bits per heavy atom. The minimum absolute atomic E-state index is 0.117. The average molecular weight is 312 g/mol. The molecule has 1 aromatic heterocycles. The molecular weight excluding hydrogens is 288 g/mol. The van der Waals surface area contributed by atoms with Crippen molar-refractivity contribution in [3.63, 3.8) is 0 Å². The average Bonchev–Trinajstić information content (AvgIpc) is 3.09. The van der Waals surface area contributed by atoms with E-state index in [0.29, 0.717) is 11.0 Å². The molecule has 0 aliphatic heterocycles. The van der Waals surface area contributed by atoms with Crippen LogP contribution in [0.1, 0.15) is 38.9 Å². The summed E-state index contributed by atoms with van der Waals surface area (Å²) in [7, 11) is 0. The molecule has 1 saturated carbocycles. The zero-order chi connectivity index (χ0) is 15.3. The van der Waals surface area contributed by atoms with Gasteiger partial charge in [0.1, 0.15) is 11.4 Å². The van der Waals surface area contributed by atoms with E-state index in [0.717, 1.165) is 25.0 Å². The van der Waals surface area contributed by atoms with Crippen LogP contribution in [0.15, 0.2) is 22.8 Å². The standard InChI is InChI=1S/C15H24N2O3S/c1-3-21-12-7-6-11(9-12)17-14(18)16-10-15(2,19)13-5-4-8-20-13/h4-5,8,11-12,19H,3,6-7,9-10H2,1-2H3,(H2,16,17,18)/t11-,12+,15-/m0/s1. The van der Waals surface area contributed by atoms with E-state index >= 15 is 0 Å². The van der Waals surface area contributed by atoms with Gasteiger partial charge in [0.25, 0.3) is 0 Å². The molecule has 1 aliphatic rings. The predicted octanol–water partition coefficient (Wildman–Crippen LogP) is 2.46. The first-order valence-corrected chi connectivity index (χ1v) is 8.48. The van der Waals surface area contributed by atoms with Gasteiger partial charge in [-0.15, -0.1) is 0 Å². The van der Waals surface area contributed by atoms with Gasteiger partial charge in [-0.3, -0.25) is 0 Å². The lowest BCUT2D eigenvalue weighted by Gasteiger charge is -2.22. The molecule has 0 aromatic carbocycles. The lowest BCUT2D eigenvalue weighted by Crippen LogP contribution is -2.46. The van der Waals surface area contributed by atoms with Gasteiger partial charge >= 0.3 is 6.03 Å². The third kappa shape index (κ3) is 4.68. The Balaban J connectivity index is 1.73. The first-order valence-electron chi connectivity index (χ1n) is 7.43. The maximum atomic E-state index is 11.9. The number of nitrogens with one attached hydrogen (secondary N) is 2. The Morgan fingerprint density at radius 3 is 3.05 bits per heavy atom. The molecule has 0 bridgehead atoms. The molecule has 6 heteroatoms. The summed E-state index contributed by atoms with van der Waals surface area (Å²) >= 11 is 1.96. The van der Waals surface area contributed by atoms with Crippen molar-refractivity contribution in [2.45, 2.75) is 50.0 Å². The number of carbonyl (C=O) groups is 1. The first-order chi connectivity index (χ1) is 10.0. The second-order valence-corrected chi connectivity index (χ2v) is 7.24. The van der Waals surface area contributed by atoms with E-state index in [1.54, 1.807) is 19.1 Å². The summed E-state index contributed by atoms with van der Waals surface area (Å²) < 4.78 is 5.18. The van der Waals surface area contributed by atoms with Gasteiger partial charge in [0.05, 0.1) is 12.8 Å². The van der Waals surface area contributed by atoms with Crippen molar-refractivity contribution in [1.29, 1.82) is 0 Å². The number of amides is 2. The van der Waals surface area contributed by atoms with Crippen LogP contribution in [0.2, 0.25) is 0 Å². The lowest BCUT2D eigenvalue weighted by atomic mass is 10.0. The summed E-state index contributed by atoms with van der Waals surface area (Å²) in [6.45, 7) is 3.90. The Labute approximate surface area is 129 Å². The molecule has 1 heterocycles. The molecule has 0 unspecified atom stereocenters. The van der Waals surface area contributed by atoms with Crippen molar-refractivity contribution in [3.05, 3.63) is 24.2 Å². The number of furan rings is 1. The van der Waals surface area contributed by atoms with Gasteiger partial charge in [-0.05, 0) is 44.1 Å². The van der Waals surface area contributed by atoms with E-state index in [1.165, 1.54) is 6.26 Å². The number of hydrogen-bond acceptors (Lipinski definition) is 4. The van der Waals surface area contributed by atoms with Crippen LogP contribution in [0.25, 0.3) is 0 Å². The van der Waals surface area contributed by atoms with Crippen LogP contribution in [-0.4, -0.2) is 34.7 Å². The third-order valence-electron chi connectivity index (χ3n) is 3.77. The van der Waals surface area contributed by atoms with E-state index in [-0.39, 0.29) is 18.6 Å². The molecule has 3 atom stereocenters. The van der Waals surface area contributed by atoms with E-state index in [9.17, 15) is 9.90 Å². The molecule has 0 saturated heterocycles. The van der Waals surface area contributed by atoms with Gasteiger partial charge < -0.3 is 20.2 Å². The highest BCUT2D eigenvalue weighted by Gasteiger charge is 2.29. The number of thioether (sulfide) groups is 1. The van der Waals surface area contributed by atoms with Crippen LogP contribution in [-0.2, 0) is 5.60 Å². The van der Waals surface area contributed by atoms with Crippen LogP contribution in [0.4, 0.5) is 4.79 Å². The van der Waals surface area contributed by atoms with Gasteiger partial charge in [0.2, 0.25) is 0 Å². The number of rotatable bonds is 6. The Kier molecular flexibility index (Phi) is 5.58. The molecule has 2 amide bonds. The van der Waals surface area contributed by atoms with Crippen molar-refractivity contribution in [3.8, 4) is 0 Å². The zero-order valence-corrected chi connectivity index (χ0v) is 13.4. The molecule has 1 aliphatic carbocycles. The Hall–Kier alpha value is -1.14. The molecule has 1 fully saturated rings. The minimum atomic E-state index is -1.20. The van der Waals surface area contributed by atoms with Crippen LogP contribution < -0.4 is 10.6 Å². The molecule has 21 heavy (non-hydrogen) atoms. The zero-order valence-electron chi connectivity index (χ0n) is 12.6. The monoisotopic (exact) mass is 312 g/mol. The van der Waals surface area contributed by atoms with Crippen molar-refractivity contribution in [2.24, 2.45) is 0 Å². The van der Waals surface area contributed by atoms with Gasteiger partial charge in [-0.1, -0.05) is 6.92 Å². The van der Waals surface area contributed by atoms with Gasteiger partial charge in [0.15, 0.2) is 0 Å². The molecule has 1 aromatic rings. The van der Waals surface area contributed by atoms with Gasteiger partial charge in [-0.2, -0.15) is 11.8 Å². The third-order valence-corrected chi connectivity index (χ3v) is 5.00. The minimum Gasteiger partial charge on any atom is -0.466 e. The summed E-state index contributed by atoms with van der Waals surface area (Å²) in [6, 6.07) is 3.42. The second-order valence-electron chi connectivity index (χ2n) is 5.67. The fourth-order valence-corrected chi connectivity index (χ4v) is 3.76. The first kappa shape index (κ1) is 16.2. The van der Waals surface area contributed by atoms with Gasteiger partial charge in [-0.25, -0.2) is 4.79 Å². The highest BCUT2D eigenvalue weighted by atomic mass is 32.2. The highest BCUT2D eigenvalue weighted by molar-refractivity contribution is 7.99. The fourth-order valence-electron chi connectivity index (χ4n) is 2.62. The summed E-state index contributed by atoms with van der Waals surface area (Å²) in [5, 5.41) is 16.6. The summed E-state index contributed by atoms with van der Waals surface area (Å²) in [4.78, 5) is 11.9. The summed E-state index contributed by atoms with van der Waals surface area (Å²) in [5.74, 6) is 1.57. The van der Waals surface area contributed by atoms with E-state index in [2.05, 4.69) is 17.6 Å². The topological polar surface area (TPSA) is 74.5 Å². The predicted molar refractivity (Wildman–Crippen MR) is 84.4 cm³/mol. The van der Waals surface area contributed by atoms with Crippen LogP contribution in [0, 0.1) is 0 Å². The van der Waals surface area contributed by atoms with Crippen molar-refractivity contribution in [2.75, 3.05) is 12.3 Å². The largest absolute Gasteiger partial charge is 0.466 e. The summed E-state index contributed by atoms with van der Waals surface area (Å²) in [5.41, 5.74) is -1.20. The van der Waals surface area contributed by atoms with Crippen LogP contribution in [0.3, 0.4) is 0 Å². The molecule has 3 N–H and O–H groups in total. The highest BCUT2D eigenvalue weighted by Crippen LogP contribution is 2.29. The normalized spacial score (nSPS) is 24.5. The molecule has 0 spiro atoms. The number of urea groups is 1. The fraction of sp³-hybridized carbons (Fsp3) is 0.667.